The lowest BCUT2D eigenvalue weighted by Gasteiger charge is -2.32. The zero-order valence-corrected chi connectivity index (χ0v) is 19.0. The molecule has 0 N–H and O–H groups in total. The van der Waals surface area contributed by atoms with E-state index < -0.39 is 15.7 Å². The highest BCUT2D eigenvalue weighted by molar-refractivity contribution is 7.87. The average molecular weight is 433 g/mol. The fraction of sp³-hybridized carbons (Fsp3) is 0.320. The Labute approximate surface area is 186 Å². The highest BCUT2D eigenvalue weighted by Gasteiger charge is 2.49. The summed E-state index contributed by atoms with van der Waals surface area (Å²) < 4.78 is 16.5. The van der Waals surface area contributed by atoms with Gasteiger partial charge in [0, 0.05) is 5.69 Å². The lowest BCUT2D eigenvalue weighted by Crippen LogP contribution is -2.41. The second-order valence-corrected chi connectivity index (χ2v) is 9.59. The molecule has 2 aromatic carbocycles. The largest absolute Gasteiger partial charge is 0.254 e. The van der Waals surface area contributed by atoms with E-state index >= 15 is 0 Å². The van der Waals surface area contributed by atoms with E-state index in [2.05, 4.69) is 11.9 Å². The number of rotatable bonds is 8. The molecule has 0 radical (unpaired) electrons. The molecule has 4 rings (SSSR count). The summed E-state index contributed by atoms with van der Waals surface area (Å²) >= 11 is 0. The van der Waals surface area contributed by atoms with E-state index in [-0.39, 0.29) is 5.37 Å². The van der Waals surface area contributed by atoms with E-state index in [0.29, 0.717) is 0 Å². The van der Waals surface area contributed by atoms with Crippen molar-refractivity contribution in [3.8, 4) is 0 Å². The van der Waals surface area contributed by atoms with Gasteiger partial charge in [0.25, 0.3) is 0 Å². The summed E-state index contributed by atoms with van der Waals surface area (Å²) in [4.78, 5) is 8.38. The minimum Gasteiger partial charge on any atom is -0.254 e. The summed E-state index contributed by atoms with van der Waals surface area (Å²) in [5.74, 6) is 0. The molecule has 6 heteroatoms. The number of benzene rings is 2. The number of aryl methyl sites for hydroxylation is 2. The van der Waals surface area contributed by atoms with Gasteiger partial charge in [0.15, 0.2) is 0 Å². The summed E-state index contributed by atoms with van der Waals surface area (Å²) in [5, 5.41) is 4.40. The molecular weight excluding hydrogens is 404 g/mol. The molecule has 0 amide bonds. The van der Waals surface area contributed by atoms with Gasteiger partial charge in [0.05, 0.1) is 22.2 Å². The van der Waals surface area contributed by atoms with Crippen LogP contribution in [0.5, 0.6) is 0 Å². The van der Waals surface area contributed by atoms with Gasteiger partial charge in [-0.2, -0.15) is 5.10 Å². The summed E-state index contributed by atoms with van der Waals surface area (Å²) in [6, 6.07) is 21.9. The predicted molar refractivity (Wildman–Crippen MR) is 128 cm³/mol. The van der Waals surface area contributed by atoms with Crippen molar-refractivity contribution in [1.29, 1.82) is 0 Å². The second kappa shape index (κ2) is 9.10. The van der Waals surface area contributed by atoms with Gasteiger partial charge in [-0.15, -0.1) is 0 Å². The van der Waals surface area contributed by atoms with Crippen LogP contribution in [0, 0.1) is 13.8 Å². The van der Waals surface area contributed by atoms with Gasteiger partial charge in [-0.3, -0.25) is 8.89 Å². The van der Waals surface area contributed by atoms with Gasteiger partial charge in [-0.05, 0) is 37.5 Å². The van der Waals surface area contributed by atoms with E-state index in [0.717, 1.165) is 47.5 Å². The standard InChI is InChI=1S/C25H28N4OS/c1-4-5-16-23(29-20(3)17-19(2)28-29)31(30)25(22-14-10-7-11-15-22)24(26-18-27-25)21-12-8-6-9-13-21/h6-15,17-18,23H,4-5,16H2,1-3H3. The maximum absolute atomic E-state index is 14.6. The molecule has 0 fully saturated rings. The Morgan fingerprint density at radius 1 is 1.03 bits per heavy atom. The van der Waals surface area contributed by atoms with Gasteiger partial charge < -0.3 is 0 Å². The normalized spacial score (nSPS) is 19.9. The summed E-state index contributed by atoms with van der Waals surface area (Å²) in [5.41, 5.74) is 4.47. The van der Waals surface area contributed by atoms with Crippen LogP contribution in [0.4, 0.5) is 0 Å². The van der Waals surface area contributed by atoms with E-state index in [9.17, 15) is 4.21 Å². The first kappa shape index (κ1) is 21.4. The minimum absolute atomic E-state index is 0.307. The molecule has 0 aliphatic carbocycles. The molecular formula is C25H28N4OS. The topological polar surface area (TPSA) is 59.6 Å². The molecule has 0 bridgehead atoms. The molecule has 1 aliphatic rings. The van der Waals surface area contributed by atoms with E-state index in [1.807, 2.05) is 85.3 Å². The zero-order chi connectivity index (χ0) is 21.8. The third kappa shape index (κ3) is 3.92. The quantitative estimate of drug-likeness (QED) is 0.483. The monoisotopic (exact) mass is 432 g/mol. The number of aromatic nitrogens is 2. The first-order valence-electron chi connectivity index (χ1n) is 10.7. The van der Waals surface area contributed by atoms with Crippen LogP contribution in [0.1, 0.15) is 54.1 Å². The molecule has 0 saturated carbocycles. The Morgan fingerprint density at radius 2 is 1.71 bits per heavy atom. The maximum Gasteiger partial charge on any atom is 0.206 e. The molecule has 0 saturated heterocycles. The molecule has 5 nitrogen and oxygen atoms in total. The number of hydrogen-bond acceptors (Lipinski definition) is 4. The van der Waals surface area contributed by atoms with Crippen LogP contribution in [-0.4, -0.2) is 26.0 Å². The lowest BCUT2D eigenvalue weighted by molar-refractivity contribution is 0.500. The Morgan fingerprint density at radius 3 is 2.32 bits per heavy atom. The highest BCUT2D eigenvalue weighted by atomic mass is 32.2. The first-order chi connectivity index (χ1) is 15.1. The molecule has 31 heavy (non-hydrogen) atoms. The van der Waals surface area contributed by atoms with Crippen molar-refractivity contribution < 1.29 is 4.21 Å². The molecule has 160 valence electrons. The van der Waals surface area contributed by atoms with E-state index in [1.165, 1.54) is 0 Å². The third-order valence-electron chi connectivity index (χ3n) is 5.62. The van der Waals surface area contributed by atoms with Gasteiger partial charge >= 0.3 is 0 Å². The Bertz CT molecular complexity index is 1120. The molecule has 0 spiro atoms. The van der Waals surface area contributed by atoms with Gasteiger partial charge in [-0.1, -0.05) is 80.4 Å². The number of unbranched alkanes of at least 4 members (excludes halogenated alkanes) is 1. The fourth-order valence-corrected chi connectivity index (χ4v) is 6.20. The molecule has 2 heterocycles. The molecule has 1 aliphatic heterocycles. The van der Waals surface area contributed by atoms with Crippen LogP contribution in [0.15, 0.2) is 76.7 Å². The van der Waals surface area contributed by atoms with Crippen molar-refractivity contribution in [2.75, 3.05) is 0 Å². The van der Waals surface area contributed by atoms with Gasteiger partial charge in [0.2, 0.25) is 4.87 Å². The van der Waals surface area contributed by atoms with Crippen LogP contribution >= 0.6 is 0 Å². The smallest absolute Gasteiger partial charge is 0.206 e. The SMILES string of the molecule is CCCCC(n1nc(C)cc1C)S(=O)C1(c2ccccc2)N=CN=C1c1ccccc1. The zero-order valence-electron chi connectivity index (χ0n) is 18.2. The van der Waals surface area contributed by atoms with Crippen molar-refractivity contribution in [1.82, 2.24) is 9.78 Å². The maximum atomic E-state index is 14.6. The van der Waals surface area contributed by atoms with Crippen LogP contribution in [0.25, 0.3) is 0 Å². The van der Waals surface area contributed by atoms with Crippen molar-refractivity contribution in [2.24, 2.45) is 9.98 Å². The van der Waals surface area contributed by atoms with Crippen molar-refractivity contribution in [3.63, 3.8) is 0 Å². The van der Waals surface area contributed by atoms with Crippen LogP contribution in [-0.2, 0) is 15.7 Å². The first-order valence-corrected chi connectivity index (χ1v) is 12.0. The lowest BCUT2D eigenvalue weighted by atomic mass is 9.96. The highest BCUT2D eigenvalue weighted by Crippen LogP contribution is 2.42. The Kier molecular flexibility index (Phi) is 6.28. The second-order valence-electron chi connectivity index (χ2n) is 7.86. The van der Waals surface area contributed by atoms with Crippen LogP contribution in [0.3, 0.4) is 0 Å². The summed E-state index contributed by atoms with van der Waals surface area (Å²) in [6.45, 7) is 6.15. The summed E-state index contributed by atoms with van der Waals surface area (Å²) in [7, 11) is -1.45. The van der Waals surface area contributed by atoms with Crippen LogP contribution in [0.2, 0.25) is 0 Å². The van der Waals surface area contributed by atoms with Gasteiger partial charge in [0.1, 0.15) is 11.7 Å². The van der Waals surface area contributed by atoms with Crippen LogP contribution < -0.4 is 0 Å². The van der Waals surface area contributed by atoms with Crippen molar-refractivity contribution >= 4 is 22.8 Å². The molecule has 3 unspecified atom stereocenters. The third-order valence-corrected chi connectivity index (χ3v) is 7.67. The number of nitrogens with zero attached hydrogens (tertiary/aromatic N) is 4. The number of hydrogen-bond donors (Lipinski definition) is 0. The fourth-order valence-electron chi connectivity index (χ4n) is 4.15. The van der Waals surface area contributed by atoms with E-state index in [1.54, 1.807) is 6.34 Å². The average Bonchev–Trinajstić information content (AvgIpc) is 3.39. The Hall–Kier alpha value is -2.86. The molecule has 3 atom stereocenters. The molecule has 1 aromatic heterocycles. The number of aliphatic imine (C=N–C) groups is 2. The van der Waals surface area contributed by atoms with Gasteiger partial charge in [-0.25, -0.2) is 9.98 Å². The van der Waals surface area contributed by atoms with E-state index in [4.69, 9.17) is 10.1 Å². The van der Waals surface area contributed by atoms with Crippen molar-refractivity contribution in [3.05, 3.63) is 89.2 Å². The minimum atomic E-state index is -1.45. The molecule has 3 aromatic rings. The summed E-state index contributed by atoms with van der Waals surface area (Å²) in [6.07, 6.45) is 4.30. The Balaban J connectivity index is 1.89. The predicted octanol–water partition coefficient (Wildman–Crippen LogP) is 5.32. The van der Waals surface area contributed by atoms with Crippen molar-refractivity contribution in [2.45, 2.75) is 50.3 Å².